The molecule has 7 atom stereocenters. The van der Waals surface area contributed by atoms with Crippen LogP contribution in [-0.2, 0) is 63.8 Å². The Morgan fingerprint density at radius 3 is 2.05 bits per heavy atom. The number of likely N-dealkylation sites (N-methyl/N-ethyl adjacent to an activating group) is 1. The molecule has 1 aromatic carbocycles. The zero-order valence-electron chi connectivity index (χ0n) is 24.7. The molecule has 0 aliphatic carbocycles. The minimum atomic E-state index is -1.38. The van der Waals surface area contributed by atoms with Crippen molar-refractivity contribution in [2.24, 2.45) is 5.73 Å². The Labute approximate surface area is 249 Å². The zero-order chi connectivity index (χ0) is 32.1. The average molecular weight is 610 g/mol. The summed E-state index contributed by atoms with van der Waals surface area (Å²) in [5.74, 6) is -4.10. The second kappa shape index (κ2) is 17.1. The first-order valence-corrected chi connectivity index (χ1v) is 13.6. The van der Waals surface area contributed by atoms with Crippen molar-refractivity contribution in [1.82, 2.24) is 10.6 Å². The minimum Gasteiger partial charge on any atom is -0.461 e. The molecular formula is C28H39N3O12. The van der Waals surface area contributed by atoms with E-state index in [9.17, 15) is 28.8 Å². The molecule has 0 bridgehead atoms. The molecule has 43 heavy (non-hydrogen) atoms. The SMILES string of the molecule is CNC(=O)[C@H](CCC(=O)OCc1ccccc1)NC(=O)[C@@H](N)CO[C@H]1O[C@@H](C)[C@@H](OC(C)=O)[C@@H](OC(C)=O)[C@@H]1OC(C)=O. The number of benzene rings is 1. The number of nitrogens with one attached hydrogen (secondary N) is 2. The van der Waals surface area contributed by atoms with Crippen molar-refractivity contribution >= 4 is 35.7 Å². The van der Waals surface area contributed by atoms with Crippen molar-refractivity contribution in [1.29, 1.82) is 0 Å². The highest BCUT2D eigenvalue weighted by Gasteiger charge is 2.51. The molecule has 0 unspecified atom stereocenters. The Morgan fingerprint density at radius 1 is 0.884 bits per heavy atom. The van der Waals surface area contributed by atoms with Gasteiger partial charge in [-0.2, -0.15) is 0 Å². The molecule has 15 nitrogen and oxygen atoms in total. The predicted molar refractivity (Wildman–Crippen MR) is 146 cm³/mol. The van der Waals surface area contributed by atoms with Gasteiger partial charge in [-0.05, 0) is 18.9 Å². The number of carbonyl (C=O) groups is 6. The van der Waals surface area contributed by atoms with E-state index < -0.39 is 85.1 Å². The number of hydrogen-bond donors (Lipinski definition) is 3. The normalized spacial score (nSPS) is 22.7. The Bertz CT molecular complexity index is 1130. The van der Waals surface area contributed by atoms with Crippen molar-refractivity contribution in [2.75, 3.05) is 13.7 Å². The molecule has 1 aliphatic rings. The maximum atomic E-state index is 12.8. The van der Waals surface area contributed by atoms with Crippen LogP contribution in [0.1, 0.15) is 46.1 Å². The van der Waals surface area contributed by atoms with Crippen LogP contribution in [0, 0.1) is 0 Å². The standard InChI is InChI=1S/C28H39N3O12/c1-15-23(41-16(2)32)24(42-17(3)33)25(43-18(4)34)28(40-15)39-14-20(29)26(36)31-21(27(37)30-5)11-12-22(35)38-13-19-9-7-6-8-10-19/h6-10,15,20-21,23-25,28H,11-14,29H2,1-5H3,(H,30,37)(H,31,36)/t15-,20-,21-,23+,24+,25-,28-/m0/s1. The van der Waals surface area contributed by atoms with Gasteiger partial charge in [-0.3, -0.25) is 28.8 Å². The fourth-order valence-corrected chi connectivity index (χ4v) is 4.17. The maximum Gasteiger partial charge on any atom is 0.306 e. The van der Waals surface area contributed by atoms with Crippen molar-refractivity contribution < 1.29 is 57.2 Å². The summed E-state index contributed by atoms with van der Waals surface area (Å²) in [5, 5.41) is 4.90. The van der Waals surface area contributed by atoms with Gasteiger partial charge in [-0.25, -0.2) is 0 Å². The molecule has 0 saturated carbocycles. The lowest BCUT2D eigenvalue weighted by Crippen LogP contribution is -2.61. The second-order valence-corrected chi connectivity index (χ2v) is 9.73. The molecule has 1 saturated heterocycles. The van der Waals surface area contributed by atoms with Gasteiger partial charge >= 0.3 is 23.9 Å². The Kier molecular flexibility index (Phi) is 14.0. The van der Waals surface area contributed by atoms with E-state index in [1.54, 1.807) is 12.1 Å². The molecule has 1 fully saturated rings. The molecule has 15 heteroatoms. The Hall–Kier alpha value is -4.08. The van der Waals surface area contributed by atoms with Crippen LogP contribution in [0.5, 0.6) is 0 Å². The Morgan fingerprint density at radius 2 is 1.47 bits per heavy atom. The van der Waals surface area contributed by atoms with Crippen molar-refractivity contribution in [3.05, 3.63) is 35.9 Å². The van der Waals surface area contributed by atoms with Crippen LogP contribution in [0.4, 0.5) is 0 Å². The number of amides is 2. The van der Waals surface area contributed by atoms with Gasteiger partial charge in [0.1, 0.15) is 18.7 Å². The largest absolute Gasteiger partial charge is 0.461 e. The van der Waals surface area contributed by atoms with Gasteiger partial charge in [0, 0.05) is 34.2 Å². The van der Waals surface area contributed by atoms with E-state index in [4.69, 9.17) is 34.2 Å². The third kappa shape index (κ3) is 11.6. The third-order valence-electron chi connectivity index (χ3n) is 6.17. The molecule has 2 rings (SSSR count). The highest BCUT2D eigenvalue weighted by molar-refractivity contribution is 5.90. The third-order valence-corrected chi connectivity index (χ3v) is 6.17. The van der Waals surface area contributed by atoms with E-state index in [1.807, 2.05) is 18.2 Å². The Balaban J connectivity index is 2.02. The summed E-state index contributed by atoms with van der Waals surface area (Å²) in [6.07, 6.45) is -6.27. The van der Waals surface area contributed by atoms with Gasteiger partial charge in [0.05, 0.1) is 12.7 Å². The second-order valence-electron chi connectivity index (χ2n) is 9.73. The molecule has 4 N–H and O–H groups in total. The van der Waals surface area contributed by atoms with Crippen molar-refractivity contribution in [2.45, 2.75) is 89.9 Å². The first kappa shape index (κ1) is 35.1. The number of ether oxygens (including phenoxy) is 6. The lowest BCUT2D eigenvalue weighted by atomic mass is 9.99. The summed E-state index contributed by atoms with van der Waals surface area (Å²) in [7, 11) is 1.37. The molecule has 1 aromatic rings. The summed E-state index contributed by atoms with van der Waals surface area (Å²) >= 11 is 0. The summed E-state index contributed by atoms with van der Waals surface area (Å²) in [6, 6.07) is 6.60. The van der Waals surface area contributed by atoms with E-state index in [-0.39, 0.29) is 19.4 Å². The first-order chi connectivity index (χ1) is 20.3. The molecule has 1 heterocycles. The van der Waals surface area contributed by atoms with E-state index in [2.05, 4.69) is 10.6 Å². The molecule has 1 aliphatic heterocycles. The highest BCUT2D eigenvalue weighted by atomic mass is 16.7. The fraction of sp³-hybridized carbons (Fsp3) is 0.571. The molecule has 2 amide bonds. The van der Waals surface area contributed by atoms with Crippen molar-refractivity contribution in [3.8, 4) is 0 Å². The topological polar surface area (TPSA) is 208 Å². The van der Waals surface area contributed by atoms with Crippen LogP contribution in [0.25, 0.3) is 0 Å². The summed E-state index contributed by atoms with van der Waals surface area (Å²) in [4.78, 5) is 72.7. The predicted octanol–water partition coefficient (Wildman–Crippen LogP) is -0.375. The average Bonchev–Trinajstić information content (AvgIpc) is 2.95. The molecule has 0 radical (unpaired) electrons. The quantitative estimate of drug-likeness (QED) is 0.182. The first-order valence-electron chi connectivity index (χ1n) is 13.6. The van der Waals surface area contributed by atoms with Crippen LogP contribution in [-0.4, -0.2) is 92.1 Å². The smallest absolute Gasteiger partial charge is 0.306 e. The molecule has 0 aromatic heterocycles. The number of hydrogen-bond acceptors (Lipinski definition) is 13. The van der Waals surface area contributed by atoms with Gasteiger partial charge < -0.3 is 44.8 Å². The van der Waals surface area contributed by atoms with Crippen molar-refractivity contribution in [3.63, 3.8) is 0 Å². The van der Waals surface area contributed by atoms with E-state index in [0.717, 1.165) is 26.3 Å². The van der Waals surface area contributed by atoms with Gasteiger partial charge in [0.25, 0.3) is 0 Å². The molecule has 238 valence electrons. The van der Waals surface area contributed by atoms with Crippen LogP contribution in [0.15, 0.2) is 30.3 Å². The number of nitrogens with two attached hydrogens (primary N) is 1. The van der Waals surface area contributed by atoms with E-state index >= 15 is 0 Å². The summed E-state index contributed by atoms with van der Waals surface area (Å²) < 4.78 is 32.5. The molecular weight excluding hydrogens is 570 g/mol. The van der Waals surface area contributed by atoms with Crippen LogP contribution >= 0.6 is 0 Å². The maximum absolute atomic E-state index is 12.8. The van der Waals surface area contributed by atoms with Crippen LogP contribution in [0.3, 0.4) is 0 Å². The lowest BCUT2D eigenvalue weighted by Gasteiger charge is -2.43. The minimum absolute atomic E-state index is 0.0635. The zero-order valence-corrected chi connectivity index (χ0v) is 24.7. The van der Waals surface area contributed by atoms with Gasteiger partial charge in [0.2, 0.25) is 11.8 Å². The highest BCUT2D eigenvalue weighted by Crippen LogP contribution is 2.29. The van der Waals surface area contributed by atoms with E-state index in [0.29, 0.717) is 0 Å². The number of rotatable bonds is 14. The lowest BCUT2D eigenvalue weighted by molar-refractivity contribution is -0.301. The number of esters is 4. The van der Waals surface area contributed by atoms with Crippen LogP contribution in [0.2, 0.25) is 0 Å². The van der Waals surface area contributed by atoms with E-state index in [1.165, 1.54) is 14.0 Å². The summed E-state index contributed by atoms with van der Waals surface area (Å²) in [5.41, 5.74) is 6.80. The number of carbonyl (C=O) groups excluding carboxylic acids is 6. The van der Waals surface area contributed by atoms with Gasteiger partial charge in [-0.15, -0.1) is 0 Å². The van der Waals surface area contributed by atoms with Gasteiger partial charge in [0.15, 0.2) is 24.6 Å². The summed E-state index contributed by atoms with van der Waals surface area (Å²) in [6.45, 7) is 4.49. The fourth-order valence-electron chi connectivity index (χ4n) is 4.17. The van der Waals surface area contributed by atoms with Gasteiger partial charge in [-0.1, -0.05) is 30.3 Å². The van der Waals surface area contributed by atoms with Crippen LogP contribution < -0.4 is 16.4 Å². The molecule has 0 spiro atoms. The monoisotopic (exact) mass is 609 g/mol.